The van der Waals surface area contributed by atoms with Gasteiger partial charge in [0.15, 0.2) is 9.84 Å². The molecule has 1 aromatic rings. The van der Waals surface area contributed by atoms with Crippen molar-refractivity contribution in [3.63, 3.8) is 0 Å². The summed E-state index contributed by atoms with van der Waals surface area (Å²) in [5.74, 6) is -1.47. The lowest BCUT2D eigenvalue weighted by Crippen LogP contribution is -2.58. The lowest BCUT2D eigenvalue weighted by Gasteiger charge is -2.39. The minimum atomic E-state index is -4.12. The van der Waals surface area contributed by atoms with Crippen LogP contribution in [0.15, 0.2) is 16.9 Å². The van der Waals surface area contributed by atoms with Gasteiger partial charge in [0.2, 0.25) is 5.00 Å². The second-order valence-electron chi connectivity index (χ2n) is 7.30. The molecule has 0 aromatic carbocycles. The molecule has 8 nitrogen and oxygen atoms in total. The van der Waals surface area contributed by atoms with Gasteiger partial charge in [0.1, 0.15) is 11.3 Å². The van der Waals surface area contributed by atoms with E-state index in [0.717, 1.165) is 4.57 Å². The fourth-order valence-corrected chi connectivity index (χ4v) is 6.50. The summed E-state index contributed by atoms with van der Waals surface area (Å²) in [6, 6.07) is 1.64. The van der Waals surface area contributed by atoms with Crippen LogP contribution in [0.3, 0.4) is 0 Å². The highest BCUT2D eigenvalue weighted by atomic mass is 32.2. The van der Waals surface area contributed by atoms with E-state index in [1.807, 2.05) is 0 Å². The Balaban J connectivity index is 1.82. The molecule has 2 saturated carbocycles. The Morgan fingerprint density at radius 3 is 2.35 bits per heavy atom. The molecule has 2 amide bonds. The van der Waals surface area contributed by atoms with Gasteiger partial charge >= 0.3 is 0 Å². The number of hydrogen-bond acceptors (Lipinski definition) is 5. The Kier molecular flexibility index (Phi) is 3.26. The van der Waals surface area contributed by atoms with Crippen LogP contribution < -0.4 is 11.3 Å². The van der Waals surface area contributed by atoms with Gasteiger partial charge in [-0.1, -0.05) is 0 Å². The monoisotopic (exact) mass is 383 g/mol. The van der Waals surface area contributed by atoms with Gasteiger partial charge in [-0.25, -0.2) is 12.8 Å². The molecule has 10 heteroatoms. The number of halogens is 1. The van der Waals surface area contributed by atoms with Crippen LogP contribution >= 0.6 is 0 Å². The number of rotatable bonds is 4. The highest BCUT2D eigenvalue weighted by molar-refractivity contribution is 7.94. The second kappa shape index (κ2) is 4.93. The highest BCUT2D eigenvalue weighted by Crippen LogP contribution is 2.59. The summed E-state index contributed by atoms with van der Waals surface area (Å²) >= 11 is 0. The first-order valence-electron chi connectivity index (χ1n) is 8.30. The molecule has 26 heavy (non-hydrogen) atoms. The van der Waals surface area contributed by atoms with Crippen molar-refractivity contribution in [2.24, 2.45) is 5.73 Å². The Bertz CT molecular complexity index is 1010. The van der Waals surface area contributed by atoms with Crippen molar-refractivity contribution >= 4 is 21.7 Å². The highest BCUT2D eigenvalue weighted by Gasteiger charge is 2.72. The third kappa shape index (κ3) is 1.99. The zero-order valence-electron chi connectivity index (χ0n) is 14.1. The normalized spacial score (nSPS) is 25.5. The van der Waals surface area contributed by atoms with E-state index in [4.69, 9.17) is 5.73 Å². The number of primary amides is 1. The van der Waals surface area contributed by atoms with Crippen LogP contribution in [-0.4, -0.2) is 52.5 Å². The molecule has 0 saturated heterocycles. The molecule has 140 valence electrons. The third-order valence-corrected chi connectivity index (χ3v) is 8.93. The average molecular weight is 383 g/mol. The molecule has 2 heterocycles. The summed E-state index contributed by atoms with van der Waals surface area (Å²) in [6.45, 7) is -0.118. The summed E-state index contributed by atoms with van der Waals surface area (Å²) in [5, 5.41) is -2.23. The van der Waals surface area contributed by atoms with Gasteiger partial charge in [-0.15, -0.1) is 0 Å². The van der Waals surface area contributed by atoms with Gasteiger partial charge in [0.05, 0.1) is 10.8 Å². The molecule has 2 fully saturated rings. The van der Waals surface area contributed by atoms with E-state index in [1.54, 1.807) is 0 Å². The third-order valence-electron chi connectivity index (χ3n) is 5.81. The number of sulfone groups is 1. The number of aromatic nitrogens is 1. The van der Waals surface area contributed by atoms with Crippen molar-refractivity contribution in [1.82, 2.24) is 9.47 Å². The quantitative estimate of drug-likeness (QED) is 0.773. The first-order valence-corrected chi connectivity index (χ1v) is 9.78. The van der Waals surface area contributed by atoms with Crippen LogP contribution in [0.5, 0.6) is 0 Å². The topological polar surface area (TPSA) is 120 Å². The van der Waals surface area contributed by atoms with Gasteiger partial charge in [0.25, 0.3) is 17.4 Å². The van der Waals surface area contributed by atoms with E-state index in [-0.39, 0.29) is 43.5 Å². The number of alkyl halides is 1. The van der Waals surface area contributed by atoms with Crippen molar-refractivity contribution in [3.8, 4) is 0 Å². The number of carbonyl (C=O) groups is 2. The smallest absolute Gasteiger partial charge is 0.270 e. The van der Waals surface area contributed by atoms with Crippen LogP contribution in [-0.2, 0) is 16.4 Å². The van der Waals surface area contributed by atoms with E-state index in [2.05, 4.69) is 0 Å². The van der Waals surface area contributed by atoms with Crippen molar-refractivity contribution in [2.75, 3.05) is 7.05 Å². The molecule has 1 atom stereocenters. The summed E-state index contributed by atoms with van der Waals surface area (Å²) in [5.41, 5.74) is 4.22. The fraction of sp³-hybridized carbons (Fsp3) is 0.562. The maximum atomic E-state index is 14.5. The van der Waals surface area contributed by atoms with E-state index < -0.39 is 43.0 Å². The van der Waals surface area contributed by atoms with Crippen molar-refractivity contribution in [1.29, 1.82) is 0 Å². The lowest BCUT2D eigenvalue weighted by molar-refractivity contribution is 0.0633. The molecule has 0 spiro atoms. The minimum absolute atomic E-state index is 0.0379. The number of pyridine rings is 1. The molecule has 2 aliphatic carbocycles. The van der Waals surface area contributed by atoms with Gasteiger partial charge in [-0.3, -0.25) is 14.4 Å². The Morgan fingerprint density at radius 2 is 1.85 bits per heavy atom. The number of fused-ring (bicyclic) bond motifs is 1. The first-order chi connectivity index (χ1) is 12.1. The Hall–Kier alpha value is -2.23. The average Bonchev–Trinajstić information content (AvgIpc) is 3.47. The van der Waals surface area contributed by atoms with Crippen molar-refractivity contribution in [2.45, 2.75) is 48.0 Å². The number of amides is 2. The van der Waals surface area contributed by atoms with Gasteiger partial charge in [0, 0.05) is 13.6 Å². The molecule has 3 aliphatic rings. The fourth-order valence-electron chi connectivity index (χ4n) is 3.91. The molecule has 4 rings (SSSR count). The molecule has 0 radical (unpaired) electrons. The van der Waals surface area contributed by atoms with Crippen LogP contribution in [0.25, 0.3) is 0 Å². The predicted molar refractivity (Wildman–Crippen MR) is 89.1 cm³/mol. The van der Waals surface area contributed by atoms with Crippen LogP contribution in [0.1, 0.15) is 46.5 Å². The van der Waals surface area contributed by atoms with Gasteiger partial charge < -0.3 is 15.2 Å². The second-order valence-corrected chi connectivity index (χ2v) is 9.85. The number of nitrogens with zero attached hydrogens (tertiary/aromatic N) is 2. The maximum Gasteiger partial charge on any atom is 0.270 e. The zero-order valence-corrected chi connectivity index (χ0v) is 14.9. The Labute approximate surface area is 148 Å². The molecular weight excluding hydrogens is 365 g/mol. The molecule has 2 N–H and O–H groups in total. The van der Waals surface area contributed by atoms with Crippen LogP contribution in [0, 0.1) is 0 Å². The number of likely N-dealkylation sites (N-methyl/N-ethyl adjacent to an activating group) is 1. The summed E-state index contributed by atoms with van der Waals surface area (Å²) in [7, 11) is -2.66. The van der Waals surface area contributed by atoms with Crippen molar-refractivity contribution in [3.05, 3.63) is 33.7 Å². The number of hydrogen-bond donors (Lipinski definition) is 1. The van der Waals surface area contributed by atoms with Crippen molar-refractivity contribution < 1.29 is 22.4 Å². The molecule has 0 bridgehead atoms. The van der Waals surface area contributed by atoms with Crippen LogP contribution in [0.2, 0.25) is 0 Å². The molecule has 1 aromatic heterocycles. The van der Waals surface area contributed by atoms with Gasteiger partial charge in [-0.05, 0) is 37.8 Å². The largest absolute Gasteiger partial charge is 0.365 e. The summed E-state index contributed by atoms with van der Waals surface area (Å²) < 4.78 is 39.9. The number of nitrogens with two attached hydrogens (primary N) is 1. The predicted octanol–water partition coefficient (Wildman–Crippen LogP) is -0.192. The minimum Gasteiger partial charge on any atom is -0.365 e. The standard InChI is InChI=1S/C16H18FN3O5S/c1-19-11(15(4-5-15)26(24,25)16(17)6-7-16)8-20-10(14(19)23)3-2-9(12(18)21)13(20)22/h2-3,11H,4-8H2,1H3,(H2,18,21). The first kappa shape index (κ1) is 17.2. The molecule has 1 aliphatic heterocycles. The summed E-state index contributed by atoms with van der Waals surface area (Å²) in [4.78, 5) is 37.9. The van der Waals surface area contributed by atoms with E-state index in [1.165, 1.54) is 24.1 Å². The van der Waals surface area contributed by atoms with Crippen LogP contribution in [0.4, 0.5) is 4.39 Å². The van der Waals surface area contributed by atoms with E-state index in [0.29, 0.717) is 0 Å². The lowest BCUT2D eigenvalue weighted by atomic mass is 10.1. The van der Waals surface area contributed by atoms with E-state index >= 15 is 0 Å². The number of carbonyl (C=O) groups excluding carboxylic acids is 2. The van der Waals surface area contributed by atoms with Gasteiger partial charge in [-0.2, -0.15) is 0 Å². The van der Waals surface area contributed by atoms with E-state index in [9.17, 15) is 27.2 Å². The Morgan fingerprint density at radius 1 is 1.23 bits per heavy atom. The maximum absolute atomic E-state index is 14.5. The molecular formula is C16H18FN3O5S. The molecule has 1 unspecified atom stereocenters. The SMILES string of the molecule is CN1C(=O)c2ccc(C(N)=O)c(=O)n2CC1C1(S(=O)(=O)C2(F)CC2)CC1. The summed E-state index contributed by atoms with van der Waals surface area (Å²) in [6.07, 6.45) is 0.402. The zero-order chi connectivity index (χ0) is 19.1.